The molecule has 132 valence electrons. The number of hydrogen-bond donors (Lipinski definition) is 0. The first-order chi connectivity index (χ1) is 11.8. The fourth-order valence-corrected chi connectivity index (χ4v) is 3.62. The highest BCUT2D eigenvalue weighted by Gasteiger charge is 2.37. The monoisotopic (exact) mass is 362 g/mol. The van der Waals surface area contributed by atoms with Gasteiger partial charge in [-0.25, -0.2) is 4.79 Å². The molecule has 0 N–H and O–H groups in total. The fraction of sp³-hybridized carbons (Fsp3) is 0.444. The molecule has 1 atom stereocenters. The van der Waals surface area contributed by atoms with Crippen molar-refractivity contribution in [3.63, 3.8) is 0 Å². The van der Waals surface area contributed by atoms with Crippen molar-refractivity contribution in [2.45, 2.75) is 45.9 Å². The summed E-state index contributed by atoms with van der Waals surface area (Å²) in [5.74, 6) is 1.14. The van der Waals surface area contributed by atoms with Gasteiger partial charge in [-0.2, -0.15) is 0 Å². The van der Waals surface area contributed by atoms with E-state index in [1.54, 1.807) is 17.2 Å². The average molecular weight is 363 g/mol. The highest BCUT2D eigenvalue weighted by Crippen LogP contribution is 2.49. The second-order valence-corrected chi connectivity index (χ2v) is 7.71. The van der Waals surface area contributed by atoms with E-state index in [-0.39, 0.29) is 18.9 Å². The van der Waals surface area contributed by atoms with E-state index in [9.17, 15) is 4.79 Å². The number of pyridine rings is 1. The standard InChI is InChI=1S/C18H19ClN2O4/c1-9-13-10(7-21(9)17(22)25-18(2,3)4)6-20-12-5-11(19)15-16(14(12)13)24-8-23-15/h5-6,9H,7-8H2,1-4H3/t9-/m0/s1. The SMILES string of the molecule is C[C@H]1c2c(cnc3cc(Cl)c4c(c23)OCO4)CN1C(=O)OC(C)(C)C. The third kappa shape index (κ3) is 2.56. The van der Waals surface area contributed by atoms with Gasteiger partial charge in [-0.05, 0) is 44.9 Å². The second-order valence-electron chi connectivity index (χ2n) is 7.30. The Kier molecular flexibility index (Phi) is 3.51. The number of carbonyl (C=O) groups excluding carboxylic acids is 1. The van der Waals surface area contributed by atoms with Crippen molar-refractivity contribution in [2.75, 3.05) is 6.79 Å². The van der Waals surface area contributed by atoms with Gasteiger partial charge in [-0.3, -0.25) is 9.88 Å². The van der Waals surface area contributed by atoms with Crippen LogP contribution in [0.4, 0.5) is 4.79 Å². The molecule has 7 heteroatoms. The van der Waals surface area contributed by atoms with Gasteiger partial charge in [0.2, 0.25) is 6.79 Å². The smallest absolute Gasteiger partial charge is 0.411 e. The Morgan fingerprint density at radius 3 is 2.80 bits per heavy atom. The molecule has 0 saturated heterocycles. The first-order valence-electron chi connectivity index (χ1n) is 8.15. The number of fused-ring (bicyclic) bond motifs is 5. The topological polar surface area (TPSA) is 60.9 Å². The lowest BCUT2D eigenvalue weighted by molar-refractivity contribution is 0.0188. The van der Waals surface area contributed by atoms with Crippen LogP contribution >= 0.6 is 11.6 Å². The van der Waals surface area contributed by atoms with E-state index in [4.69, 9.17) is 25.8 Å². The number of amides is 1. The largest absolute Gasteiger partial charge is 0.453 e. The molecule has 2 aliphatic heterocycles. The highest BCUT2D eigenvalue weighted by atomic mass is 35.5. The lowest BCUT2D eigenvalue weighted by atomic mass is 10.0. The van der Waals surface area contributed by atoms with Gasteiger partial charge in [0.1, 0.15) is 5.60 Å². The van der Waals surface area contributed by atoms with Gasteiger partial charge in [-0.1, -0.05) is 11.6 Å². The van der Waals surface area contributed by atoms with Crippen LogP contribution in [0.15, 0.2) is 12.3 Å². The predicted molar refractivity (Wildman–Crippen MR) is 93.1 cm³/mol. The highest BCUT2D eigenvalue weighted by molar-refractivity contribution is 6.33. The molecule has 4 rings (SSSR count). The minimum atomic E-state index is -0.544. The molecule has 1 aromatic carbocycles. The summed E-state index contributed by atoms with van der Waals surface area (Å²) in [6.07, 6.45) is 1.45. The van der Waals surface area contributed by atoms with Gasteiger partial charge in [0.25, 0.3) is 0 Å². The van der Waals surface area contributed by atoms with Crippen LogP contribution in [0.1, 0.15) is 44.9 Å². The Bertz CT molecular complexity index is 891. The molecule has 0 spiro atoms. The molecular weight excluding hydrogens is 344 g/mol. The van der Waals surface area contributed by atoms with E-state index < -0.39 is 5.60 Å². The van der Waals surface area contributed by atoms with Crippen LogP contribution in [0.5, 0.6) is 11.5 Å². The molecule has 0 aliphatic carbocycles. The van der Waals surface area contributed by atoms with Crippen molar-refractivity contribution >= 4 is 28.6 Å². The Balaban J connectivity index is 1.82. The first kappa shape index (κ1) is 16.3. The van der Waals surface area contributed by atoms with Gasteiger partial charge >= 0.3 is 6.09 Å². The zero-order valence-electron chi connectivity index (χ0n) is 14.6. The zero-order valence-corrected chi connectivity index (χ0v) is 15.3. The van der Waals surface area contributed by atoms with Crippen molar-refractivity contribution in [3.8, 4) is 11.5 Å². The molecule has 0 saturated carbocycles. The molecule has 3 heterocycles. The molecular formula is C18H19ClN2O4. The molecule has 25 heavy (non-hydrogen) atoms. The molecule has 1 amide bonds. The van der Waals surface area contributed by atoms with E-state index in [2.05, 4.69) is 4.98 Å². The normalized spacial score (nSPS) is 18.6. The minimum Gasteiger partial charge on any atom is -0.453 e. The van der Waals surface area contributed by atoms with E-state index in [1.165, 1.54) is 0 Å². The second kappa shape index (κ2) is 5.39. The summed E-state index contributed by atoms with van der Waals surface area (Å²) in [6, 6.07) is 1.61. The van der Waals surface area contributed by atoms with Crippen LogP contribution in [-0.2, 0) is 11.3 Å². The summed E-state index contributed by atoms with van der Waals surface area (Å²) in [5.41, 5.74) is 2.17. The Hall–Kier alpha value is -2.21. The maximum Gasteiger partial charge on any atom is 0.411 e. The van der Waals surface area contributed by atoms with Gasteiger partial charge in [0.05, 0.1) is 28.5 Å². The predicted octanol–water partition coefficient (Wildman–Crippen LogP) is 4.43. The van der Waals surface area contributed by atoms with Crippen molar-refractivity contribution in [2.24, 2.45) is 0 Å². The quantitative estimate of drug-likeness (QED) is 0.693. The van der Waals surface area contributed by atoms with Crippen LogP contribution in [-0.4, -0.2) is 28.4 Å². The van der Waals surface area contributed by atoms with Gasteiger partial charge in [-0.15, -0.1) is 0 Å². The van der Waals surface area contributed by atoms with Gasteiger partial charge in [0.15, 0.2) is 11.5 Å². The summed E-state index contributed by atoms with van der Waals surface area (Å²) < 4.78 is 16.7. The van der Waals surface area contributed by atoms with E-state index in [0.717, 1.165) is 22.0 Å². The van der Waals surface area contributed by atoms with Crippen LogP contribution in [0.25, 0.3) is 10.9 Å². The Morgan fingerprint density at radius 1 is 1.36 bits per heavy atom. The summed E-state index contributed by atoms with van der Waals surface area (Å²) in [6.45, 7) is 8.13. The van der Waals surface area contributed by atoms with Crippen LogP contribution in [0.2, 0.25) is 5.02 Å². The number of hydrogen-bond acceptors (Lipinski definition) is 5. The third-order valence-corrected chi connectivity index (χ3v) is 4.69. The number of carbonyl (C=O) groups is 1. The lowest BCUT2D eigenvalue weighted by Crippen LogP contribution is -2.35. The van der Waals surface area contributed by atoms with Crippen LogP contribution < -0.4 is 9.47 Å². The average Bonchev–Trinajstić information content (AvgIpc) is 3.11. The van der Waals surface area contributed by atoms with Crippen molar-refractivity contribution in [1.29, 1.82) is 0 Å². The maximum atomic E-state index is 12.6. The number of halogens is 1. The minimum absolute atomic E-state index is 0.127. The van der Waals surface area contributed by atoms with Crippen LogP contribution in [0, 0.1) is 0 Å². The molecule has 0 unspecified atom stereocenters. The third-order valence-electron chi connectivity index (χ3n) is 4.41. The van der Waals surface area contributed by atoms with Gasteiger partial charge in [0, 0.05) is 6.20 Å². The number of nitrogens with zero attached hydrogens (tertiary/aromatic N) is 2. The summed E-state index contributed by atoms with van der Waals surface area (Å²) >= 11 is 6.26. The molecule has 1 aromatic heterocycles. The summed E-state index contributed by atoms with van der Waals surface area (Å²) in [5, 5.41) is 1.33. The molecule has 0 bridgehead atoms. The van der Waals surface area contributed by atoms with Crippen molar-refractivity contribution in [1.82, 2.24) is 9.88 Å². The number of benzene rings is 1. The number of aromatic nitrogens is 1. The molecule has 2 aliphatic rings. The van der Waals surface area contributed by atoms with E-state index in [1.807, 2.05) is 27.7 Å². The van der Waals surface area contributed by atoms with Crippen LogP contribution in [0.3, 0.4) is 0 Å². The fourth-order valence-electron chi connectivity index (χ4n) is 3.38. The van der Waals surface area contributed by atoms with Gasteiger partial charge < -0.3 is 14.2 Å². The number of rotatable bonds is 0. The molecule has 0 fully saturated rings. The Labute approximate surface area is 150 Å². The molecule has 6 nitrogen and oxygen atoms in total. The maximum absolute atomic E-state index is 12.6. The van der Waals surface area contributed by atoms with E-state index >= 15 is 0 Å². The first-order valence-corrected chi connectivity index (χ1v) is 8.53. The number of ether oxygens (including phenoxy) is 3. The van der Waals surface area contributed by atoms with E-state index in [0.29, 0.717) is 23.1 Å². The molecule has 2 aromatic rings. The lowest BCUT2D eigenvalue weighted by Gasteiger charge is -2.27. The van der Waals surface area contributed by atoms with Crippen molar-refractivity contribution in [3.05, 3.63) is 28.4 Å². The summed E-state index contributed by atoms with van der Waals surface area (Å²) in [4.78, 5) is 18.8. The van der Waals surface area contributed by atoms with Crippen molar-refractivity contribution < 1.29 is 19.0 Å². The Morgan fingerprint density at radius 2 is 2.08 bits per heavy atom. The zero-order chi connectivity index (χ0) is 17.9. The molecule has 0 radical (unpaired) electrons. The summed E-state index contributed by atoms with van der Waals surface area (Å²) in [7, 11) is 0.